The number of amides is 1. The zero-order valence-corrected chi connectivity index (χ0v) is 12.1. The predicted molar refractivity (Wildman–Crippen MR) is 71.0 cm³/mol. The van der Waals surface area contributed by atoms with Crippen LogP contribution in [0.15, 0.2) is 0 Å². The normalized spacial score (nSPS) is 28.4. The highest BCUT2D eigenvalue weighted by Gasteiger charge is 2.38. The molecular weight excluding hydrogens is 214 g/mol. The zero-order chi connectivity index (χ0) is 13.2. The van der Waals surface area contributed by atoms with Crippen LogP contribution in [-0.2, 0) is 4.79 Å². The Morgan fingerprint density at radius 2 is 2.00 bits per heavy atom. The van der Waals surface area contributed by atoms with Crippen molar-refractivity contribution in [2.45, 2.75) is 51.7 Å². The minimum absolute atomic E-state index is 0.0378. The van der Waals surface area contributed by atoms with Gasteiger partial charge in [-0.2, -0.15) is 0 Å². The van der Waals surface area contributed by atoms with E-state index in [1.807, 2.05) is 14.1 Å². The number of hydrogen-bond donors (Lipinski definition) is 1. The van der Waals surface area contributed by atoms with Gasteiger partial charge in [-0.05, 0) is 48.2 Å². The second-order valence-electron chi connectivity index (χ2n) is 6.07. The summed E-state index contributed by atoms with van der Waals surface area (Å²) in [5, 5.41) is 3.12. The molecule has 2 atom stereocenters. The monoisotopic (exact) mass is 241 g/mol. The van der Waals surface area contributed by atoms with E-state index in [0.29, 0.717) is 12.6 Å². The molecule has 0 saturated carbocycles. The van der Waals surface area contributed by atoms with Gasteiger partial charge in [0.1, 0.15) is 6.04 Å². The van der Waals surface area contributed by atoms with Gasteiger partial charge in [-0.25, -0.2) is 0 Å². The van der Waals surface area contributed by atoms with E-state index in [9.17, 15) is 4.79 Å². The first-order valence-corrected chi connectivity index (χ1v) is 6.47. The van der Waals surface area contributed by atoms with Crippen LogP contribution in [0.25, 0.3) is 0 Å². The number of carbonyl (C=O) groups excluding carboxylic acids is 1. The number of carbonyl (C=O) groups is 1. The number of hydrogen-bond acceptors (Lipinski definition) is 3. The maximum atomic E-state index is 12.6. The largest absolute Gasteiger partial charge is 0.334 e. The molecule has 2 unspecified atom stereocenters. The van der Waals surface area contributed by atoms with Gasteiger partial charge in [-0.3, -0.25) is 9.69 Å². The first-order chi connectivity index (χ1) is 7.79. The lowest BCUT2D eigenvalue weighted by Crippen LogP contribution is -2.56. The molecule has 4 nitrogen and oxygen atoms in total. The summed E-state index contributed by atoms with van der Waals surface area (Å²) in [6.07, 6.45) is 1.04. The van der Waals surface area contributed by atoms with Crippen LogP contribution in [0.5, 0.6) is 0 Å². The molecule has 1 rings (SSSR count). The maximum Gasteiger partial charge on any atom is 0.241 e. The van der Waals surface area contributed by atoms with E-state index in [0.717, 1.165) is 13.0 Å². The summed E-state index contributed by atoms with van der Waals surface area (Å²) in [5.41, 5.74) is -0.104. The topological polar surface area (TPSA) is 35.6 Å². The predicted octanol–water partition coefficient (Wildman–Crippen LogP) is 0.926. The summed E-state index contributed by atoms with van der Waals surface area (Å²) >= 11 is 0. The lowest BCUT2D eigenvalue weighted by molar-refractivity contribution is -0.141. The van der Waals surface area contributed by atoms with Crippen molar-refractivity contribution in [2.24, 2.45) is 0 Å². The molecule has 0 radical (unpaired) electrons. The van der Waals surface area contributed by atoms with Gasteiger partial charge in [-0.1, -0.05) is 0 Å². The third kappa shape index (κ3) is 3.19. The van der Waals surface area contributed by atoms with E-state index in [4.69, 9.17) is 0 Å². The molecule has 0 bridgehead atoms. The summed E-state index contributed by atoms with van der Waals surface area (Å²) < 4.78 is 0. The van der Waals surface area contributed by atoms with Gasteiger partial charge in [0.2, 0.25) is 5.91 Å². The Bertz CT molecular complexity index is 272. The molecule has 1 saturated heterocycles. The van der Waals surface area contributed by atoms with Crippen LogP contribution < -0.4 is 5.32 Å². The third-order valence-electron chi connectivity index (χ3n) is 3.52. The molecule has 0 aliphatic carbocycles. The van der Waals surface area contributed by atoms with Crippen LogP contribution in [0.2, 0.25) is 0 Å². The summed E-state index contributed by atoms with van der Waals surface area (Å²) in [6, 6.07) is 0.274. The van der Waals surface area contributed by atoms with Gasteiger partial charge < -0.3 is 10.2 Å². The Hall–Kier alpha value is -0.610. The molecule has 1 fully saturated rings. The second-order valence-corrected chi connectivity index (χ2v) is 6.07. The van der Waals surface area contributed by atoms with Crippen molar-refractivity contribution in [1.82, 2.24) is 15.1 Å². The van der Waals surface area contributed by atoms with E-state index in [1.54, 1.807) is 0 Å². The lowest BCUT2D eigenvalue weighted by Gasteiger charge is -2.41. The summed E-state index contributed by atoms with van der Waals surface area (Å²) in [7, 11) is 3.94. The highest BCUT2D eigenvalue weighted by molar-refractivity contribution is 5.83. The fourth-order valence-electron chi connectivity index (χ4n) is 2.67. The van der Waals surface area contributed by atoms with Crippen LogP contribution in [0.1, 0.15) is 34.1 Å². The first kappa shape index (κ1) is 14.5. The fraction of sp³-hybridized carbons (Fsp3) is 0.923. The molecule has 1 amide bonds. The molecule has 17 heavy (non-hydrogen) atoms. The molecule has 0 spiro atoms. The Kier molecular flexibility index (Phi) is 4.55. The van der Waals surface area contributed by atoms with Gasteiger partial charge >= 0.3 is 0 Å². The van der Waals surface area contributed by atoms with Gasteiger partial charge in [0.05, 0.1) is 0 Å². The minimum atomic E-state index is -0.104. The standard InChI is InChI=1S/C13H27N3O/c1-10-7-8-15(6)11(9-14-5)12(17)16(10)13(2,3)4/h10-11,14H,7-9H2,1-6H3. The SMILES string of the molecule is CNCC1C(=O)N(C(C)(C)C)C(C)CCN1C. The first-order valence-electron chi connectivity index (χ1n) is 6.47. The van der Waals surface area contributed by atoms with E-state index in [1.165, 1.54) is 0 Å². The summed E-state index contributed by atoms with van der Waals surface area (Å²) in [4.78, 5) is 16.9. The van der Waals surface area contributed by atoms with Gasteiger partial charge in [0, 0.05) is 24.7 Å². The molecule has 1 aliphatic rings. The second kappa shape index (κ2) is 5.36. The Morgan fingerprint density at radius 1 is 1.41 bits per heavy atom. The Morgan fingerprint density at radius 3 is 2.47 bits per heavy atom. The van der Waals surface area contributed by atoms with Gasteiger partial charge in [0.25, 0.3) is 0 Å². The van der Waals surface area contributed by atoms with Crippen molar-refractivity contribution in [3.63, 3.8) is 0 Å². The van der Waals surface area contributed by atoms with E-state index in [2.05, 4.69) is 42.8 Å². The molecule has 1 aliphatic heterocycles. The van der Waals surface area contributed by atoms with Crippen LogP contribution in [-0.4, -0.2) is 60.5 Å². The Balaban J connectivity index is 2.99. The summed E-state index contributed by atoms with van der Waals surface area (Å²) in [6.45, 7) is 10.2. The highest BCUT2D eigenvalue weighted by atomic mass is 16.2. The van der Waals surface area contributed by atoms with Crippen LogP contribution in [0, 0.1) is 0 Å². The summed E-state index contributed by atoms with van der Waals surface area (Å²) in [5.74, 6) is 0.249. The molecule has 0 aromatic carbocycles. The van der Waals surface area contributed by atoms with Crippen molar-refractivity contribution >= 4 is 5.91 Å². The lowest BCUT2D eigenvalue weighted by atomic mass is 10.0. The minimum Gasteiger partial charge on any atom is -0.334 e. The average molecular weight is 241 g/mol. The van der Waals surface area contributed by atoms with Gasteiger partial charge in [-0.15, -0.1) is 0 Å². The molecule has 0 aromatic rings. The molecule has 100 valence electrons. The molecular formula is C13H27N3O. The molecule has 0 aromatic heterocycles. The quantitative estimate of drug-likeness (QED) is 0.781. The molecule has 4 heteroatoms. The van der Waals surface area contributed by atoms with E-state index >= 15 is 0 Å². The Labute approximate surface area is 105 Å². The molecule has 1 heterocycles. The fourth-order valence-corrected chi connectivity index (χ4v) is 2.67. The number of likely N-dealkylation sites (N-methyl/N-ethyl adjacent to an activating group) is 2. The van der Waals surface area contributed by atoms with E-state index < -0.39 is 0 Å². The van der Waals surface area contributed by atoms with Crippen LogP contribution in [0.3, 0.4) is 0 Å². The van der Waals surface area contributed by atoms with Crippen molar-refractivity contribution in [3.05, 3.63) is 0 Å². The van der Waals surface area contributed by atoms with Crippen molar-refractivity contribution in [3.8, 4) is 0 Å². The van der Waals surface area contributed by atoms with Crippen LogP contribution in [0.4, 0.5) is 0 Å². The smallest absolute Gasteiger partial charge is 0.241 e. The van der Waals surface area contributed by atoms with Crippen molar-refractivity contribution in [1.29, 1.82) is 0 Å². The van der Waals surface area contributed by atoms with Crippen molar-refractivity contribution in [2.75, 3.05) is 27.2 Å². The zero-order valence-electron chi connectivity index (χ0n) is 12.1. The molecule has 1 N–H and O–H groups in total. The van der Waals surface area contributed by atoms with Crippen molar-refractivity contribution < 1.29 is 4.79 Å². The number of nitrogens with one attached hydrogen (secondary N) is 1. The number of rotatable bonds is 2. The van der Waals surface area contributed by atoms with Gasteiger partial charge in [0.15, 0.2) is 0 Å². The average Bonchev–Trinajstić information content (AvgIpc) is 2.29. The maximum absolute atomic E-state index is 12.6. The third-order valence-corrected chi connectivity index (χ3v) is 3.52. The van der Waals surface area contributed by atoms with E-state index in [-0.39, 0.29) is 17.5 Å². The highest BCUT2D eigenvalue weighted by Crippen LogP contribution is 2.24. The number of nitrogens with zero attached hydrogens (tertiary/aromatic N) is 2. The van der Waals surface area contributed by atoms with Crippen LogP contribution >= 0.6 is 0 Å².